The van der Waals surface area contributed by atoms with Crippen LogP contribution >= 0.6 is 0 Å². The zero-order valence-electron chi connectivity index (χ0n) is 16.4. The maximum absolute atomic E-state index is 12.6. The van der Waals surface area contributed by atoms with E-state index in [0.717, 1.165) is 16.8 Å². The fourth-order valence-corrected chi connectivity index (χ4v) is 3.31. The molecule has 144 valence electrons. The Morgan fingerprint density at radius 2 is 1.61 bits per heavy atom. The topological polar surface area (TPSA) is 49.4 Å². The van der Waals surface area contributed by atoms with Gasteiger partial charge in [0.05, 0.1) is 0 Å². The molecule has 1 aliphatic rings. The third-order valence-corrected chi connectivity index (χ3v) is 4.93. The molecule has 0 atom stereocenters. The van der Waals surface area contributed by atoms with Gasteiger partial charge in [-0.2, -0.15) is 0 Å². The van der Waals surface area contributed by atoms with Crippen LogP contribution in [0.4, 0.5) is 5.69 Å². The molecule has 0 saturated carbocycles. The third-order valence-electron chi connectivity index (χ3n) is 4.93. The van der Waals surface area contributed by atoms with Crippen LogP contribution in [-0.4, -0.2) is 29.8 Å². The first-order valence-electron chi connectivity index (χ1n) is 9.79. The summed E-state index contributed by atoms with van der Waals surface area (Å²) < 4.78 is 0. The maximum Gasteiger partial charge on any atom is 0.227 e. The molecule has 1 heterocycles. The molecule has 2 aromatic rings. The molecule has 2 amide bonds. The predicted octanol–water partition coefficient (Wildman–Crippen LogP) is 3.92. The molecular formula is C24H26N2O2. The Balaban J connectivity index is 1.58. The van der Waals surface area contributed by atoms with Crippen molar-refractivity contribution in [1.29, 1.82) is 0 Å². The summed E-state index contributed by atoms with van der Waals surface area (Å²) in [4.78, 5) is 26.6. The van der Waals surface area contributed by atoms with Gasteiger partial charge in [0, 0.05) is 41.7 Å². The number of hydrogen-bond acceptors (Lipinski definition) is 2. The summed E-state index contributed by atoms with van der Waals surface area (Å²) in [7, 11) is 0. The second-order valence-corrected chi connectivity index (χ2v) is 7.44. The van der Waals surface area contributed by atoms with Crippen LogP contribution < -0.4 is 5.32 Å². The standard InChI is InChI=1S/C24H26N2O2/c1-18(2)24(28)26-15-13-21(14-16-26)23(27)25-22-10-6-9-20(17-22)12-11-19-7-4-3-5-8-19/h3-10,17-18,21H,13-16H2,1-2H3,(H,25,27). The molecule has 3 rings (SSSR count). The lowest BCUT2D eigenvalue weighted by Crippen LogP contribution is -2.43. The molecule has 2 aromatic carbocycles. The van der Waals surface area contributed by atoms with Gasteiger partial charge in [0.25, 0.3) is 0 Å². The van der Waals surface area contributed by atoms with Crippen LogP contribution in [0.15, 0.2) is 54.6 Å². The molecule has 28 heavy (non-hydrogen) atoms. The van der Waals surface area contributed by atoms with Gasteiger partial charge in [0.2, 0.25) is 11.8 Å². The molecule has 0 radical (unpaired) electrons. The van der Waals surface area contributed by atoms with Crippen LogP contribution in [0, 0.1) is 23.7 Å². The molecule has 0 unspecified atom stereocenters. The van der Waals surface area contributed by atoms with E-state index in [0.29, 0.717) is 25.9 Å². The molecule has 1 N–H and O–H groups in total. The van der Waals surface area contributed by atoms with Crippen molar-refractivity contribution in [2.45, 2.75) is 26.7 Å². The van der Waals surface area contributed by atoms with E-state index in [2.05, 4.69) is 17.2 Å². The van der Waals surface area contributed by atoms with E-state index in [4.69, 9.17) is 0 Å². The first-order chi connectivity index (χ1) is 13.5. The van der Waals surface area contributed by atoms with Crippen LogP contribution in [0.3, 0.4) is 0 Å². The molecule has 1 aliphatic heterocycles. The highest BCUT2D eigenvalue weighted by atomic mass is 16.2. The molecule has 0 aromatic heterocycles. The average molecular weight is 374 g/mol. The highest BCUT2D eigenvalue weighted by Gasteiger charge is 2.28. The summed E-state index contributed by atoms with van der Waals surface area (Å²) in [6.45, 7) is 5.12. The first-order valence-corrected chi connectivity index (χ1v) is 9.79. The van der Waals surface area contributed by atoms with Crippen molar-refractivity contribution in [3.05, 3.63) is 65.7 Å². The minimum absolute atomic E-state index is 0.00473. The lowest BCUT2D eigenvalue weighted by molar-refractivity contribution is -0.137. The number of benzene rings is 2. The van der Waals surface area contributed by atoms with E-state index >= 15 is 0 Å². The number of piperidine rings is 1. The Hall–Kier alpha value is -3.06. The largest absolute Gasteiger partial charge is 0.342 e. The third kappa shape index (κ3) is 5.23. The molecule has 0 bridgehead atoms. The van der Waals surface area contributed by atoms with Gasteiger partial charge in [-0.05, 0) is 43.2 Å². The van der Waals surface area contributed by atoms with Crippen molar-refractivity contribution < 1.29 is 9.59 Å². The maximum atomic E-state index is 12.6. The fraction of sp³-hybridized carbons (Fsp3) is 0.333. The second-order valence-electron chi connectivity index (χ2n) is 7.44. The van der Waals surface area contributed by atoms with Gasteiger partial charge in [0.1, 0.15) is 0 Å². The van der Waals surface area contributed by atoms with Gasteiger partial charge in [-0.3, -0.25) is 9.59 Å². The molecular weight excluding hydrogens is 348 g/mol. The van der Waals surface area contributed by atoms with Crippen LogP contribution in [0.25, 0.3) is 0 Å². The highest BCUT2D eigenvalue weighted by Crippen LogP contribution is 2.21. The van der Waals surface area contributed by atoms with Gasteiger partial charge in [-0.15, -0.1) is 0 Å². The Labute approximate surface area is 166 Å². The molecule has 0 aliphatic carbocycles. The van der Waals surface area contributed by atoms with Gasteiger partial charge in [-0.1, -0.05) is 50.0 Å². The summed E-state index contributed by atoms with van der Waals surface area (Å²) in [6, 6.07) is 17.4. The van der Waals surface area contributed by atoms with Crippen LogP contribution in [0.5, 0.6) is 0 Å². The van der Waals surface area contributed by atoms with Gasteiger partial charge < -0.3 is 10.2 Å². The van der Waals surface area contributed by atoms with Crippen molar-refractivity contribution >= 4 is 17.5 Å². The van der Waals surface area contributed by atoms with E-state index < -0.39 is 0 Å². The number of anilines is 1. The molecule has 1 saturated heterocycles. The van der Waals surface area contributed by atoms with Crippen molar-refractivity contribution in [3.63, 3.8) is 0 Å². The van der Waals surface area contributed by atoms with Crippen molar-refractivity contribution in [3.8, 4) is 11.8 Å². The Morgan fingerprint density at radius 1 is 0.964 bits per heavy atom. The number of nitrogens with one attached hydrogen (secondary N) is 1. The molecule has 1 fully saturated rings. The lowest BCUT2D eigenvalue weighted by atomic mass is 9.95. The van der Waals surface area contributed by atoms with E-state index in [9.17, 15) is 9.59 Å². The minimum atomic E-state index is -0.0599. The minimum Gasteiger partial charge on any atom is -0.342 e. The summed E-state index contributed by atoms with van der Waals surface area (Å²) in [5.41, 5.74) is 2.57. The number of carbonyl (C=O) groups is 2. The Kier molecular flexibility index (Phi) is 6.49. The molecule has 0 spiro atoms. The fourth-order valence-electron chi connectivity index (χ4n) is 3.31. The Bertz CT molecular complexity index is 886. The lowest BCUT2D eigenvalue weighted by Gasteiger charge is -2.32. The smallest absolute Gasteiger partial charge is 0.227 e. The van der Waals surface area contributed by atoms with Gasteiger partial charge >= 0.3 is 0 Å². The van der Waals surface area contributed by atoms with Crippen LogP contribution in [0.1, 0.15) is 37.8 Å². The van der Waals surface area contributed by atoms with E-state index in [1.54, 1.807) is 0 Å². The second kappa shape index (κ2) is 9.23. The monoisotopic (exact) mass is 374 g/mol. The van der Waals surface area contributed by atoms with Crippen LogP contribution in [-0.2, 0) is 9.59 Å². The van der Waals surface area contributed by atoms with Crippen LogP contribution in [0.2, 0.25) is 0 Å². The van der Waals surface area contributed by atoms with Crippen molar-refractivity contribution in [2.24, 2.45) is 11.8 Å². The van der Waals surface area contributed by atoms with Crippen molar-refractivity contribution in [2.75, 3.05) is 18.4 Å². The number of rotatable bonds is 3. The van der Waals surface area contributed by atoms with Gasteiger partial charge in [0.15, 0.2) is 0 Å². The molecule has 4 heteroatoms. The number of likely N-dealkylation sites (tertiary alicyclic amines) is 1. The van der Waals surface area contributed by atoms with E-state index in [-0.39, 0.29) is 23.7 Å². The van der Waals surface area contributed by atoms with E-state index in [1.807, 2.05) is 73.3 Å². The zero-order chi connectivity index (χ0) is 19.9. The van der Waals surface area contributed by atoms with Crippen molar-refractivity contribution in [1.82, 2.24) is 4.90 Å². The van der Waals surface area contributed by atoms with E-state index in [1.165, 1.54) is 0 Å². The quantitative estimate of drug-likeness (QED) is 0.828. The average Bonchev–Trinajstić information content (AvgIpc) is 2.73. The first kappa shape index (κ1) is 19.7. The number of amides is 2. The number of nitrogens with zero attached hydrogens (tertiary/aromatic N) is 1. The normalized spacial score (nSPS) is 14.3. The zero-order valence-corrected chi connectivity index (χ0v) is 16.4. The number of carbonyl (C=O) groups excluding carboxylic acids is 2. The number of hydrogen-bond donors (Lipinski definition) is 1. The van der Waals surface area contributed by atoms with Gasteiger partial charge in [-0.25, -0.2) is 0 Å². The molecule has 4 nitrogen and oxygen atoms in total. The SMILES string of the molecule is CC(C)C(=O)N1CCC(C(=O)Nc2cccc(C#Cc3ccccc3)c2)CC1. The predicted molar refractivity (Wildman–Crippen MR) is 112 cm³/mol. The summed E-state index contributed by atoms with van der Waals surface area (Å²) in [5, 5.41) is 3.01. The Morgan fingerprint density at radius 3 is 2.29 bits per heavy atom. The summed E-state index contributed by atoms with van der Waals surface area (Å²) in [6.07, 6.45) is 1.41. The summed E-state index contributed by atoms with van der Waals surface area (Å²) in [5.74, 6) is 6.40. The summed E-state index contributed by atoms with van der Waals surface area (Å²) >= 11 is 0. The highest BCUT2D eigenvalue weighted by molar-refractivity contribution is 5.93.